The smallest absolute Gasteiger partial charge is 0.323 e. The summed E-state index contributed by atoms with van der Waals surface area (Å²) in [6.07, 6.45) is 0.210. The summed E-state index contributed by atoms with van der Waals surface area (Å²) in [5, 5.41) is 12.1. The third kappa shape index (κ3) is 5.30. The largest absolute Gasteiger partial charge is 0.461 e. The lowest BCUT2D eigenvalue weighted by Gasteiger charge is -2.10. The standard InChI is InChI=1S/C10H19N5O2/c1-6(2)17-10-14-8(11)13-9(15-10)12-5-4-7(3)16/h6-7,16H,4-5H2,1-3H3,(H3,11,12,13,14,15). The second kappa shape index (κ2) is 6.19. The lowest BCUT2D eigenvalue weighted by atomic mass is 10.3. The summed E-state index contributed by atoms with van der Waals surface area (Å²) >= 11 is 0. The zero-order valence-corrected chi connectivity index (χ0v) is 10.3. The maximum Gasteiger partial charge on any atom is 0.323 e. The van der Waals surface area contributed by atoms with Crippen molar-refractivity contribution in [2.45, 2.75) is 39.4 Å². The molecule has 1 unspecified atom stereocenters. The van der Waals surface area contributed by atoms with Crippen molar-refractivity contribution in [2.24, 2.45) is 0 Å². The number of nitrogens with one attached hydrogen (secondary N) is 1. The molecule has 1 aromatic heterocycles. The van der Waals surface area contributed by atoms with Gasteiger partial charge in [0, 0.05) is 6.54 Å². The predicted molar refractivity (Wildman–Crippen MR) is 64.8 cm³/mol. The van der Waals surface area contributed by atoms with Crippen molar-refractivity contribution < 1.29 is 9.84 Å². The van der Waals surface area contributed by atoms with Crippen LogP contribution < -0.4 is 15.8 Å². The van der Waals surface area contributed by atoms with Gasteiger partial charge in [0.1, 0.15) is 0 Å². The van der Waals surface area contributed by atoms with E-state index in [1.54, 1.807) is 6.92 Å². The Labute approximate surface area is 100 Å². The van der Waals surface area contributed by atoms with Crippen LogP contribution in [0.5, 0.6) is 6.01 Å². The number of nitrogens with zero attached hydrogens (tertiary/aromatic N) is 3. The van der Waals surface area contributed by atoms with E-state index in [9.17, 15) is 0 Å². The molecule has 0 bridgehead atoms. The second-order valence-electron chi connectivity index (χ2n) is 4.03. The van der Waals surface area contributed by atoms with E-state index in [0.717, 1.165) is 0 Å². The van der Waals surface area contributed by atoms with E-state index in [2.05, 4.69) is 20.3 Å². The number of hydrogen-bond acceptors (Lipinski definition) is 7. The van der Waals surface area contributed by atoms with Crippen molar-refractivity contribution in [2.75, 3.05) is 17.6 Å². The minimum Gasteiger partial charge on any atom is -0.461 e. The van der Waals surface area contributed by atoms with Gasteiger partial charge >= 0.3 is 6.01 Å². The van der Waals surface area contributed by atoms with Gasteiger partial charge in [-0.15, -0.1) is 0 Å². The number of aromatic nitrogens is 3. The van der Waals surface area contributed by atoms with Gasteiger partial charge in [0.2, 0.25) is 11.9 Å². The number of aliphatic hydroxyl groups is 1. The maximum atomic E-state index is 9.12. The molecule has 0 fully saturated rings. The minimum atomic E-state index is -0.368. The van der Waals surface area contributed by atoms with Crippen LogP contribution in [-0.2, 0) is 0 Å². The van der Waals surface area contributed by atoms with Crippen molar-refractivity contribution in [3.63, 3.8) is 0 Å². The van der Waals surface area contributed by atoms with Crippen LogP contribution in [0.1, 0.15) is 27.2 Å². The monoisotopic (exact) mass is 241 g/mol. The first-order valence-corrected chi connectivity index (χ1v) is 5.57. The van der Waals surface area contributed by atoms with Crippen LogP contribution in [0.4, 0.5) is 11.9 Å². The molecule has 0 aliphatic heterocycles. The molecule has 0 amide bonds. The van der Waals surface area contributed by atoms with Crippen molar-refractivity contribution >= 4 is 11.9 Å². The van der Waals surface area contributed by atoms with Gasteiger partial charge in [-0.05, 0) is 27.2 Å². The van der Waals surface area contributed by atoms with Gasteiger partial charge in [0.15, 0.2) is 0 Å². The Morgan fingerprint density at radius 2 is 2.00 bits per heavy atom. The molecule has 1 rings (SSSR count). The van der Waals surface area contributed by atoms with Crippen LogP contribution in [0.15, 0.2) is 0 Å². The zero-order valence-electron chi connectivity index (χ0n) is 10.3. The van der Waals surface area contributed by atoms with Gasteiger partial charge in [-0.1, -0.05) is 0 Å². The van der Waals surface area contributed by atoms with E-state index in [1.807, 2.05) is 13.8 Å². The quantitative estimate of drug-likeness (QED) is 0.662. The fraction of sp³-hybridized carbons (Fsp3) is 0.700. The van der Waals surface area contributed by atoms with Gasteiger partial charge in [0.25, 0.3) is 0 Å². The molecule has 0 saturated carbocycles. The first kappa shape index (κ1) is 13.4. The molecular formula is C10H19N5O2. The topological polar surface area (TPSA) is 106 Å². The van der Waals surface area contributed by atoms with E-state index in [0.29, 0.717) is 18.9 Å². The molecule has 1 heterocycles. The Kier molecular flexibility index (Phi) is 4.89. The van der Waals surface area contributed by atoms with Crippen LogP contribution in [0.25, 0.3) is 0 Å². The van der Waals surface area contributed by atoms with Crippen molar-refractivity contribution in [3.8, 4) is 6.01 Å². The van der Waals surface area contributed by atoms with E-state index in [4.69, 9.17) is 15.6 Å². The molecule has 17 heavy (non-hydrogen) atoms. The van der Waals surface area contributed by atoms with E-state index in [-0.39, 0.29) is 24.2 Å². The molecule has 7 nitrogen and oxygen atoms in total. The molecule has 96 valence electrons. The first-order valence-electron chi connectivity index (χ1n) is 5.57. The lowest BCUT2D eigenvalue weighted by Crippen LogP contribution is -2.15. The Morgan fingerprint density at radius 1 is 1.29 bits per heavy atom. The Morgan fingerprint density at radius 3 is 2.59 bits per heavy atom. The molecule has 0 radical (unpaired) electrons. The van der Waals surface area contributed by atoms with Crippen LogP contribution in [-0.4, -0.2) is 38.8 Å². The highest BCUT2D eigenvalue weighted by Gasteiger charge is 2.07. The molecule has 1 atom stereocenters. The minimum absolute atomic E-state index is 0.0258. The summed E-state index contributed by atoms with van der Waals surface area (Å²) in [5.41, 5.74) is 5.54. The third-order valence-electron chi connectivity index (χ3n) is 1.82. The number of nitrogens with two attached hydrogens (primary N) is 1. The van der Waals surface area contributed by atoms with Gasteiger partial charge < -0.3 is 20.9 Å². The summed E-state index contributed by atoms with van der Waals surface area (Å²) < 4.78 is 5.33. The normalized spacial score (nSPS) is 12.5. The van der Waals surface area contributed by atoms with Crippen LogP contribution in [0.3, 0.4) is 0 Å². The average molecular weight is 241 g/mol. The molecule has 0 aliphatic carbocycles. The van der Waals surface area contributed by atoms with Gasteiger partial charge in [0.05, 0.1) is 12.2 Å². The fourth-order valence-electron chi connectivity index (χ4n) is 1.11. The van der Waals surface area contributed by atoms with E-state index in [1.165, 1.54) is 0 Å². The Balaban J connectivity index is 2.62. The molecule has 0 saturated heterocycles. The van der Waals surface area contributed by atoms with Crippen molar-refractivity contribution in [3.05, 3.63) is 0 Å². The summed E-state index contributed by atoms with van der Waals surface area (Å²) in [6, 6.07) is 0.201. The van der Waals surface area contributed by atoms with Crippen LogP contribution >= 0.6 is 0 Å². The molecule has 0 spiro atoms. The lowest BCUT2D eigenvalue weighted by molar-refractivity contribution is 0.188. The fourth-order valence-corrected chi connectivity index (χ4v) is 1.11. The van der Waals surface area contributed by atoms with Crippen molar-refractivity contribution in [1.29, 1.82) is 0 Å². The molecule has 7 heteroatoms. The average Bonchev–Trinajstić information content (AvgIpc) is 2.14. The highest BCUT2D eigenvalue weighted by atomic mass is 16.5. The number of hydrogen-bond donors (Lipinski definition) is 3. The molecule has 1 aromatic rings. The number of ether oxygens (including phenoxy) is 1. The summed E-state index contributed by atoms with van der Waals surface area (Å²) in [5.74, 6) is 0.462. The molecule has 0 aliphatic rings. The molecule has 0 aromatic carbocycles. The van der Waals surface area contributed by atoms with Gasteiger partial charge in [-0.2, -0.15) is 15.0 Å². The summed E-state index contributed by atoms with van der Waals surface area (Å²) in [4.78, 5) is 11.8. The SMILES string of the molecule is CC(O)CCNc1nc(N)nc(OC(C)C)n1. The maximum absolute atomic E-state index is 9.12. The second-order valence-corrected chi connectivity index (χ2v) is 4.03. The predicted octanol–water partition coefficient (Wildman–Crippen LogP) is 0.424. The Bertz CT molecular complexity index is 357. The summed E-state index contributed by atoms with van der Waals surface area (Å²) in [6.45, 7) is 6.03. The molecule has 4 N–H and O–H groups in total. The zero-order chi connectivity index (χ0) is 12.8. The third-order valence-corrected chi connectivity index (χ3v) is 1.82. The number of nitrogen functional groups attached to an aromatic ring is 1. The number of rotatable bonds is 6. The van der Waals surface area contributed by atoms with Crippen LogP contribution in [0.2, 0.25) is 0 Å². The summed E-state index contributed by atoms with van der Waals surface area (Å²) in [7, 11) is 0. The molecular weight excluding hydrogens is 222 g/mol. The van der Waals surface area contributed by atoms with E-state index < -0.39 is 0 Å². The highest BCUT2D eigenvalue weighted by Crippen LogP contribution is 2.10. The Hall–Kier alpha value is -1.63. The number of anilines is 2. The van der Waals surface area contributed by atoms with E-state index >= 15 is 0 Å². The van der Waals surface area contributed by atoms with Gasteiger partial charge in [-0.25, -0.2) is 0 Å². The first-order chi connectivity index (χ1) is 7.97. The van der Waals surface area contributed by atoms with Crippen molar-refractivity contribution in [1.82, 2.24) is 15.0 Å². The highest BCUT2D eigenvalue weighted by molar-refractivity contribution is 5.32. The van der Waals surface area contributed by atoms with Gasteiger partial charge in [-0.3, -0.25) is 0 Å². The van der Waals surface area contributed by atoms with Crippen LogP contribution in [0, 0.1) is 0 Å². The number of aliphatic hydroxyl groups excluding tert-OH is 1.